The highest BCUT2D eigenvalue weighted by Gasteiger charge is 2.25. The minimum Gasteiger partial charge on any atom is -0.353 e. The number of amides is 1. The molecule has 0 unspecified atom stereocenters. The van der Waals surface area contributed by atoms with Crippen molar-refractivity contribution in [1.29, 1.82) is 0 Å². The summed E-state index contributed by atoms with van der Waals surface area (Å²) < 4.78 is 0. The molecule has 0 saturated heterocycles. The first kappa shape index (κ1) is 16.7. The zero-order valence-corrected chi connectivity index (χ0v) is 15.1. The van der Waals surface area contributed by atoms with Crippen LogP contribution in [0.5, 0.6) is 0 Å². The molecule has 2 N–H and O–H groups in total. The second-order valence-electron chi connectivity index (χ2n) is 6.50. The molecule has 0 aromatic carbocycles. The minimum atomic E-state index is 0.0505. The molecular weight excluding hydrogens is 326 g/mol. The summed E-state index contributed by atoms with van der Waals surface area (Å²) in [5, 5.41) is 8.99. The molecule has 2 aliphatic carbocycles. The lowest BCUT2D eigenvalue weighted by Gasteiger charge is -2.36. The predicted octanol–water partition coefficient (Wildman–Crippen LogP) is 3.04. The smallest absolute Gasteiger partial charge is 0.239 e. The molecule has 0 bridgehead atoms. The van der Waals surface area contributed by atoms with E-state index in [1.54, 1.807) is 11.3 Å². The minimum absolute atomic E-state index is 0.0505. The van der Waals surface area contributed by atoms with Crippen LogP contribution in [0, 0.1) is 0 Å². The van der Waals surface area contributed by atoms with Crippen LogP contribution in [-0.2, 0) is 11.3 Å². The average molecular weight is 352 g/mol. The molecule has 126 valence electrons. The van der Waals surface area contributed by atoms with Crippen molar-refractivity contribution < 1.29 is 4.79 Å². The Kier molecular flexibility index (Phi) is 5.89. The molecule has 2 fully saturated rings. The van der Waals surface area contributed by atoms with E-state index in [2.05, 4.69) is 33.0 Å². The summed E-state index contributed by atoms with van der Waals surface area (Å²) in [7, 11) is 0. The van der Waals surface area contributed by atoms with Crippen LogP contribution < -0.4 is 10.6 Å². The molecular formula is C17H25N3OS2. The van der Waals surface area contributed by atoms with Crippen molar-refractivity contribution >= 4 is 34.6 Å². The van der Waals surface area contributed by atoms with E-state index in [9.17, 15) is 4.79 Å². The van der Waals surface area contributed by atoms with Gasteiger partial charge in [-0.15, -0.1) is 11.3 Å². The topological polar surface area (TPSA) is 44.4 Å². The predicted molar refractivity (Wildman–Crippen MR) is 98.5 cm³/mol. The number of carbonyl (C=O) groups excluding carboxylic acids is 1. The molecule has 1 amide bonds. The lowest BCUT2D eigenvalue weighted by atomic mass is 9.94. The molecule has 1 aromatic rings. The van der Waals surface area contributed by atoms with Gasteiger partial charge in [0.15, 0.2) is 5.11 Å². The summed E-state index contributed by atoms with van der Waals surface area (Å²) in [5.74, 6) is 0.0505. The third kappa shape index (κ3) is 5.18. The van der Waals surface area contributed by atoms with Gasteiger partial charge in [0.2, 0.25) is 5.91 Å². The first-order valence-corrected chi connectivity index (χ1v) is 9.87. The van der Waals surface area contributed by atoms with Gasteiger partial charge in [-0.2, -0.15) is 0 Å². The molecule has 6 heteroatoms. The second-order valence-corrected chi connectivity index (χ2v) is 7.92. The van der Waals surface area contributed by atoms with Crippen LogP contribution in [0.15, 0.2) is 17.5 Å². The highest BCUT2D eigenvalue weighted by Crippen LogP contribution is 2.25. The molecule has 0 atom stereocenters. The van der Waals surface area contributed by atoms with E-state index >= 15 is 0 Å². The van der Waals surface area contributed by atoms with Crippen LogP contribution in [0.25, 0.3) is 0 Å². The number of hydrogen-bond donors (Lipinski definition) is 2. The van der Waals surface area contributed by atoms with Crippen LogP contribution in [-0.4, -0.2) is 34.5 Å². The van der Waals surface area contributed by atoms with E-state index in [1.165, 1.54) is 37.0 Å². The Morgan fingerprint density at radius 2 is 2.04 bits per heavy atom. The van der Waals surface area contributed by atoms with Gasteiger partial charge in [-0.3, -0.25) is 4.79 Å². The van der Waals surface area contributed by atoms with Gasteiger partial charge in [-0.05, 0) is 49.3 Å². The molecule has 2 aliphatic rings. The Balaban J connectivity index is 1.56. The number of nitrogens with zero attached hydrogens (tertiary/aromatic N) is 1. The van der Waals surface area contributed by atoms with Crippen molar-refractivity contribution in [3.63, 3.8) is 0 Å². The Hall–Kier alpha value is -1.14. The number of carbonyl (C=O) groups is 1. The number of rotatable bonds is 6. The van der Waals surface area contributed by atoms with Gasteiger partial charge in [0, 0.05) is 17.0 Å². The molecule has 1 aromatic heterocycles. The summed E-state index contributed by atoms with van der Waals surface area (Å²) >= 11 is 7.38. The summed E-state index contributed by atoms with van der Waals surface area (Å²) in [6.07, 6.45) is 8.49. The Bertz CT molecular complexity index is 522. The normalized spacial score (nSPS) is 18.4. The highest BCUT2D eigenvalue weighted by atomic mass is 32.1. The second kappa shape index (κ2) is 8.11. The Morgan fingerprint density at radius 3 is 2.70 bits per heavy atom. The maximum Gasteiger partial charge on any atom is 0.239 e. The van der Waals surface area contributed by atoms with E-state index in [-0.39, 0.29) is 12.5 Å². The maximum absolute atomic E-state index is 11.9. The Labute approximate surface area is 147 Å². The molecule has 3 rings (SSSR count). The molecule has 1 heterocycles. The fraction of sp³-hybridized carbons (Fsp3) is 0.647. The van der Waals surface area contributed by atoms with Crippen LogP contribution in [0.4, 0.5) is 0 Å². The van der Waals surface area contributed by atoms with Crippen LogP contribution in [0.2, 0.25) is 0 Å². The van der Waals surface area contributed by atoms with E-state index < -0.39 is 0 Å². The fourth-order valence-electron chi connectivity index (χ4n) is 3.09. The van der Waals surface area contributed by atoms with Crippen LogP contribution in [0.1, 0.15) is 49.8 Å². The van der Waals surface area contributed by atoms with E-state index in [1.807, 2.05) is 0 Å². The zero-order valence-electron chi connectivity index (χ0n) is 13.4. The van der Waals surface area contributed by atoms with Crippen LogP contribution >= 0.6 is 23.6 Å². The van der Waals surface area contributed by atoms with Gasteiger partial charge >= 0.3 is 0 Å². The summed E-state index contributed by atoms with van der Waals surface area (Å²) in [4.78, 5) is 15.5. The molecule has 2 saturated carbocycles. The van der Waals surface area contributed by atoms with Crippen molar-refractivity contribution in [2.45, 2.75) is 63.6 Å². The molecule has 0 radical (unpaired) electrons. The summed E-state index contributed by atoms with van der Waals surface area (Å²) in [6.45, 7) is 1.13. The third-order valence-electron chi connectivity index (χ3n) is 4.53. The lowest BCUT2D eigenvalue weighted by molar-refractivity contribution is -0.120. The van der Waals surface area contributed by atoms with Gasteiger partial charge in [0.05, 0.1) is 13.1 Å². The molecule has 4 nitrogen and oxygen atoms in total. The first-order chi connectivity index (χ1) is 11.2. The standard InChI is InChI=1S/C17H25N3OS2/c21-16(19-13-8-9-13)11-18-17(22)20(12-15-7-4-10-23-15)14-5-2-1-3-6-14/h4,7,10,13-14H,1-3,5-6,8-9,11-12H2,(H,18,22)(H,19,21). The number of thiocarbonyl (C=S) groups is 1. The lowest BCUT2D eigenvalue weighted by Crippen LogP contribution is -2.48. The van der Waals surface area contributed by atoms with Crippen molar-refractivity contribution in [3.05, 3.63) is 22.4 Å². The number of hydrogen-bond acceptors (Lipinski definition) is 3. The van der Waals surface area contributed by atoms with E-state index in [4.69, 9.17) is 12.2 Å². The van der Waals surface area contributed by atoms with Crippen molar-refractivity contribution in [3.8, 4) is 0 Å². The summed E-state index contributed by atoms with van der Waals surface area (Å²) in [5.41, 5.74) is 0. The summed E-state index contributed by atoms with van der Waals surface area (Å²) in [6, 6.07) is 5.14. The van der Waals surface area contributed by atoms with Gasteiger partial charge in [0.1, 0.15) is 0 Å². The van der Waals surface area contributed by atoms with E-state index in [0.29, 0.717) is 12.1 Å². The monoisotopic (exact) mass is 351 g/mol. The SMILES string of the molecule is O=C(CNC(=S)N(Cc1cccs1)C1CCCCC1)NC1CC1. The number of thiophene rings is 1. The zero-order chi connectivity index (χ0) is 16.1. The quantitative estimate of drug-likeness (QED) is 0.773. The van der Waals surface area contributed by atoms with E-state index in [0.717, 1.165) is 24.5 Å². The van der Waals surface area contributed by atoms with Gasteiger partial charge in [-0.1, -0.05) is 25.3 Å². The van der Waals surface area contributed by atoms with Crippen LogP contribution in [0.3, 0.4) is 0 Å². The fourth-order valence-corrected chi connectivity index (χ4v) is 4.08. The van der Waals surface area contributed by atoms with Gasteiger partial charge in [-0.25, -0.2) is 0 Å². The molecule has 0 spiro atoms. The maximum atomic E-state index is 11.9. The van der Waals surface area contributed by atoms with Crippen molar-refractivity contribution in [1.82, 2.24) is 15.5 Å². The number of nitrogens with one attached hydrogen (secondary N) is 2. The molecule has 23 heavy (non-hydrogen) atoms. The largest absolute Gasteiger partial charge is 0.353 e. The van der Waals surface area contributed by atoms with Crippen molar-refractivity contribution in [2.75, 3.05) is 6.54 Å². The highest BCUT2D eigenvalue weighted by molar-refractivity contribution is 7.80. The third-order valence-corrected chi connectivity index (χ3v) is 5.77. The first-order valence-electron chi connectivity index (χ1n) is 8.58. The molecule has 0 aliphatic heterocycles. The van der Waals surface area contributed by atoms with Crippen molar-refractivity contribution in [2.24, 2.45) is 0 Å². The van der Waals surface area contributed by atoms with Gasteiger partial charge < -0.3 is 15.5 Å². The van der Waals surface area contributed by atoms with Gasteiger partial charge in [0.25, 0.3) is 0 Å². The Morgan fingerprint density at radius 1 is 1.26 bits per heavy atom. The average Bonchev–Trinajstić information content (AvgIpc) is 3.23.